The smallest absolute Gasteiger partial charge is 0.265 e. The van der Waals surface area contributed by atoms with Crippen LogP contribution in [0.1, 0.15) is 41.6 Å². The van der Waals surface area contributed by atoms with Crippen LogP contribution in [0.5, 0.6) is 0 Å². The summed E-state index contributed by atoms with van der Waals surface area (Å²) in [7, 11) is -3.22. The molecule has 0 unspecified atom stereocenters. The monoisotopic (exact) mass is 408 g/mol. The second-order valence-corrected chi connectivity index (χ2v) is 9.52. The summed E-state index contributed by atoms with van der Waals surface area (Å²) < 4.78 is 26.6. The molecule has 0 bridgehead atoms. The summed E-state index contributed by atoms with van der Waals surface area (Å²) in [6.07, 6.45) is 3.55. The van der Waals surface area contributed by atoms with Crippen LogP contribution in [0.25, 0.3) is 10.7 Å². The van der Waals surface area contributed by atoms with Crippen LogP contribution in [0, 0.1) is 6.92 Å². The summed E-state index contributed by atoms with van der Waals surface area (Å²) >= 11 is 1.36. The average molecular weight is 409 g/mol. The van der Waals surface area contributed by atoms with Crippen molar-refractivity contribution in [1.29, 1.82) is 0 Å². The van der Waals surface area contributed by atoms with Crippen molar-refractivity contribution >= 4 is 27.3 Å². The minimum Gasteiger partial charge on any atom is -0.338 e. The number of carbonyl (C=O) groups excluding carboxylic acids is 1. The third-order valence-electron chi connectivity index (χ3n) is 4.48. The standard InChI is InChI=1S/C18H24N4O3S2/c1-3-12-27(24,25)21-14-7-10-22(11-8-14)18(23)16-13(2)20-17(26-16)15-6-4-5-9-19-15/h4-6,9,14,21H,3,7-8,10-12H2,1-2H3. The number of piperidine rings is 1. The topological polar surface area (TPSA) is 92.3 Å². The molecular weight excluding hydrogens is 384 g/mol. The predicted molar refractivity (Wildman–Crippen MR) is 106 cm³/mol. The molecule has 1 fully saturated rings. The molecule has 2 aromatic rings. The van der Waals surface area contributed by atoms with Crippen LogP contribution in [-0.4, -0.2) is 54.1 Å². The molecule has 0 aliphatic carbocycles. The molecule has 9 heteroatoms. The Labute approximate surface area is 163 Å². The van der Waals surface area contributed by atoms with Gasteiger partial charge < -0.3 is 4.90 Å². The van der Waals surface area contributed by atoms with Crippen LogP contribution in [-0.2, 0) is 10.0 Å². The largest absolute Gasteiger partial charge is 0.338 e. The van der Waals surface area contributed by atoms with Crippen LogP contribution >= 0.6 is 11.3 Å². The number of nitrogens with one attached hydrogen (secondary N) is 1. The van der Waals surface area contributed by atoms with Gasteiger partial charge in [0.15, 0.2) is 0 Å². The first-order chi connectivity index (χ1) is 12.9. The zero-order valence-corrected chi connectivity index (χ0v) is 17.1. The van der Waals surface area contributed by atoms with Crippen molar-refractivity contribution in [2.45, 2.75) is 39.2 Å². The van der Waals surface area contributed by atoms with E-state index in [0.717, 1.165) is 10.7 Å². The summed E-state index contributed by atoms with van der Waals surface area (Å²) in [5, 5.41) is 0.735. The first-order valence-corrected chi connectivity index (χ1v) is 11.5. The van der Waals surface area contributed by atoms with E-state index in [-0.39, 0.29) is 17.7 Å². The van der Waals surface area contributed by atoms with Crippen molar-refractivity contribution in [1.82, 2.24) is 19.6 Å². The van der Waals surface area contributed by atoms with E-state index in [2.05, 4.69) is 14.7 Å². The van der Waals surface area contributed by atoms with Crippen molar-refractivity contribution in [3.8, 4) is 10.7 Å². The maximum atomic E-state index is 12.9. The van der Waals surface area contributed by atoms with Gasteiger partial charge in [-0.1, -0.05) is 13.0 Å². The number of pyridine rings is 1. The Balaban J connectivity index is 1.64. The van der Waals surface area contributed by atoms with Crippen LogP contribution < -0.4 is 4.72 Å². The van der Waals surface area contributed by atoms with Gasteiger partial charge in [-0.25, -0.2) is 18.1 Å². The lowest BCUT2D eigenvalue weighted by Gasteiger charge is -2.32. The highest BCUT2D eigenvalue weighted by Gasteiger charge is 2.28. The lowest BCUT2D eigenvalue weighted by molar-refractivity contribution is 0.0715. The average Bonchev–Trinajstić information content (AvgIpc) is 3.04. The molecule has 7 nitrogen and oxygen atoms in total. The molecule has 0 spiro atoms. The molecule has 2 aromatic heterocycles. The number of thiazole rings is 1. The van der Waals surface area contributed by atoms with Crippen LogP contribution in [0.15, 0.2) is 24.4 Å². The van der Waals surface area contributed by atoms with E-state index >= 15 is 0 Å². The van der Waals surface area contributed by atoms with Crippen LogP contribution in [0.2, 0.25) is 0 Å². The lowest BCUT2D eigenvalue weighted by atomic mass is 10.1. The zero-order valence-electron chi connectivity index (χ0n) is 15.5. The van der Waals surface area contributed by atoms with E-state index in [4.69, 9.17) is 0 Å². The van der Waals surface area contributed by atoms with Crippen molar-refractivity contribution in [2.24, 2.45) is 0 Å². The lowest BCUT2D eigenvalue weighted by Crippen LogP contribution is -2.46. The zero-order chi connectivity index (χ0) is 19.4. The molecule has 1 aliphatic heterocycles. The fourth-order valence-corrected chi connectivity index (χ4v) is 5.53. The summed E-state index contributed by atoms with van der Waals surface area (Å²) in [5.74, 6) is 0.102. The fourth-order valence-electron chi connectivity index (χ4n) is 3.12. The molecule has 1 aliphatic rings. The number of carbonyl (C=O) groups is 1. The Morgan fingerprint density at radius 3 is 2.70 bits per heavy atom. The highest BCUT2D eigenvalue weighted by atomic mass is 32.2. The SMILES string of the molecule is CCCS(=O)(=O)NC1CCN(C(=O)c2sc(-c3ccccn3)nc2C)CC1. The van der Waals surface area contributed by atoms with Gasteiger partial charge in [0.1, 0.15) is 9.88 Å². The Morgan fingerprint density at radius 1 is 1.33 bits per heavy atom. The highest BCUT2D eigenvalue weighted by Crippen LogP contribution is 2.28. The van der Waals surface area contributed by atoms with Gasteiger partial charge in [-0.05, 0) is 38.3 Å². The molecule has 0 atom stereocenters. The molecule has 0 saturated carbocycles. The van der Waals surface area contributed by atoms with Crippen molar-refractivity contribution < 1.29 is 13.2 Å². The summed E-state index contributed by atoms with van der Waals surface area (Å²) in [6.45, 7) is 4.75. The van der Waals surface area contributed by atoms with Gasteiger partial charge in [0.05, 0.1) is 17.1 Å². The summed E-state index contributed by atoms with van der Waals surface area (Å²) in [4.78, 5) is 24.1. The van der Waals surface area contributed by atoms with Gasteiger partial charge in [0, 0.05) is 25.3 Å². The molecule has 1 saturated heterocycles. The molecular formula is C18H24N4O3S2. The fraction of sp³-hybridized carbons (Fsp3) is 0.500. The molecule has 3 heterocycles. The van der Waals surface area contributed by atoms with Crippen molar-refractivity contribution in [3.63, 3.8) is 0 Å². The normalized spacial score (nSPS) is 15.9. The van der Waals surface area contributed by atoms with Crippen LogP contribution in [0.4, 0.5) is 0 Å². The summed E-state index contributed by atoms with van der Waals surface area (Å²) in [5.41, 5.74) is 1.46. The Bertz CT molecular complexity index is 889. The minimum absolute atomic E-state index is 0.0398. The number of nitrogens with zero attached hydrogens (tertiary/aromatic N) is 3. The van der Waals surface area contributed by atoms with E-state index in [0.29, 0.717) is 42.9 Å². The molecule has 0 radical (unpaired) electrons. The van der Waals surface area contributed by atoms with E-state index in [1.807, 2.05) is 32.0 Å². The van der Waals surface area contributed by atoms with Crippen molar-refractivity contribution in [2.75, 3.05) is 18.8 Å². The molecule has 146 valence electrons. The maximum absolute atomic E-state index is 12.9. The number of rotatable bonds is 6. The number of hydrogen-bond donors (Lipinski definition) is 1. The van der Waals surface area contributed by atoms with Gasteiger partial charge >= 0.3 is 0 Å². The highest BCUT2D eigenvalue weighted by molar-refractivity contribution is 7.89. The molecule has 1 amide bonds. The van der Waals surface area contributed by atoms with Gasteiger partial charge in [0.25, 0.3) is 5.91 Å². The molecule has 27 heavy (non-hydrogen) atoms. The maximum Gasteiger partial charge on any atom is 0.265 e. The number of sulfonamides is 1. The third-order valence-corrected chi connectivity index (χ3v) is 7.28. The second kappa shape index (κ2) is 8.45. The van der Waals surface area contributed by atoms with Crippen LogP contribution in [0.3, 0.4) is 0 Å². The van der Waals surface area contributed by atoms with Gasteiger partial charge in [-0.3, -0.25) is 9.78 Å². The molecule has 1 N–H and O–H groups in total. The Morgan fingerprint density at radius 2 is 2.07 bits per heavy atom. The minimum atomic E-state index is -3.22. The Kier molecular flexibility index (Phi) is 6.23. The number of hydrogen-bond acceptors (Lipinski definition) is 6. The molecule has 0 aromatic carbocycles. The predicted octanol–water partition coefficient (Wildman–Crippen LogP) is 2.45. The van der Waals surface area contributed by atoms with Crippen molar-refractivity contribution in [3.05, 3.63) is 35.0 Å². The summed E-state index contributed by atoms with van der Waals surface area (Å²) in [6, 6.07) is 5.51. The number of aryl methyl sites for hydroxylation is 1. The third kappa shape index (κ3) is 4.91. The van der Waals surface area contributed by atoms with Gasteiger partial charge in [-0.2, -0.15) is 0 Å². The van der Waals surface area contributed by atoms with Gasteiger partial charge in [0.2, 0.25) is 10.0 Å². The number of likely N-dealkylation sites (tertiary alicyclic amines) is 1. The van der Waals surface area contributed by atoms with E-state index in [1.165, 1.54) is 11.3 Å². The first-order valence-electron chi connectivity index (χ1n) is 9.07. The number of aromatic nitrogens is 2. The number of amides is 1. The van der Waals surface area contributed by atoms with E-state index in [1.54, 1.807) is 11.1 Å². The first kappa shape index (κ1) is 19.9. The molecule has 3 rings (SSSR count). The van der Waals surface area contributed by atoms with E-state index < -0.39 is 10.0 Å². The van der Waals surface area contributed by atoms with Gasteiger partial charge in [-0.15, -0.1) is 11.3 Å². The van der Waals surface area contributed by atoms with E-state index in [9.17, 15) is 13.2 Å². The second-order valence-electron chi connectivity index (χ2n) is 6.65. The quantitative estimate of drug-likeness (QED) is 0.793. The Hall–Kier alpha value is -1.84.